The van der Waals surface area contributed by atoms with Crippen LogP contribution in [0.1, 0.15) is 33.1 Å². The van der Waals surface area contributed by atoms with E-state index in [0.717, 1.165) is 18.4 Å². The molecule has 0 amide bonds. The van der Waals surface area contributed by atoms with Crippen molar-refractivity contribution in [1.82, 2.24) is 0 Å². The highest BCUT2D eigenvalue weighted by Gasteiger charge is 2.53. The molecule has 2 bridgehead atoms. The van der Waals surface area contributed by atoms with E-state index in [1.807, 2.05) is 0 Å². The van der Waals surface area contributed by atoms with E-state index >= 15 is 0 Å². The molecule has 0 N–H and O–H groups in total. The largest absolute Gasteiger partial charge is 0.317 e. The van der Waals surface area contributed by atoms with Crippen LogP contribution in [0.3, 0.4) is 0 Å². The molecule has 2 saturated carbocycles. The lowest BCUT2D eigenvalue weighted by atomic mass is 9.69. The highest BCUT2D eigenvalue weighted by atomic mass is 14.7. The zero-order valence-electron chi connectivity index (χ0n) is 8.01. The van der Waals surface area contributed by atoms with Crippen LogP contribution in [0.5, 0.6) is 0 Å². The second-order valence-electron chi connectivity index (χ2n) is 5.04. The van der Waals surface area contributed by atoms with E-state index in [-0.39, 0.29) is 0 Å². The molecule has 0 aromatic carbocycles. The van der Waals surface area contributed by atoms with Gasteiger partial charge in [0.1, 0.15) is 0 Å². The minimum absolute atomic E-state index is 0.466. The minimum Gasteiger partial charge on any atom is -0.317 e. The van der Waals surface area contributed by atoms with E-state index in [9.17, 15) is 0 Å². The van der Waals surface area contributed by atoms with E-state index in [4.69, 9.17) is 6.57 Å². The zero-order valence-corrected chi connectivity index (χ0v) is 8.01. The van der Waals surface area contributed by atoms with Crippen LogP contribution >= 0.6 is 0 Å². The molecule has 66 valence electrons. The van der Waals surface area contributed by atoms with Crippen LogP contribution in [0.25, 0.3) is 4.85 Å². The Balaban J connectivity index is 2.18. The van der Waals surface area contributed by atoms with Crippen molar-refractivity contribution in [2.45, 2.75) is 33.1 Å². The van der Waals surface area contributed by atoms with Gasteiger partial charge in [0.25, 0.3) is 0 Å². The summed E-state index contributed by atoms with van der Waals surface area (Å²) in [6.07, 6.45) is 4.23. The fourth-order valence-corrected chi connectivity index (χ4v) is 3.45. The van der Waals surface area contributed by atoms with Gasteiger partial charge in [-0.15, -0.1) is 0 Å². The Labute approximate surface area is 75.0 Å². The summed E-state index contributed by atoms with van der Waals surface area (Å²) in [6, 6.07) is 0. The Morgan fingerprint density at radius 1 is 1.42 bits per heavy atom. The summed E-state index contributed by atoms with van der Waals surface area (Å²) in [4.78, 5) is 3.58. The Kier molecular flexibility index (Phi) is 1.68. The molecule has 2 aliphatic rings. The minimum atomic E-state index is 0.466. The maximum Gasteiger partial charge on any atom is 0.218 e. The van der Waals surface area contributed by atoms with Gasteiger partial charge in [0.2, 0.25) is 6.54 Å². The van der Waals surface area contributed by atoms with Gasteiger partial charge in [-0.3, -0.25) is 0 Å². The van der Waals surface area contributed by atoms with Crippen LogP contribution in [-0.2, 0) is 0 Å². The van der Waals surface area contributed by atoms with E-state index in [0.29, 0.717) is 11.3 Å². The third-order valence-electron chi connectivity index (χ3n) is 4.34. The predicted octanol–water partition coefficient (Wildman–Crippen LogP) is 2.98. The molecule has 0 spiro atoms. The van der Waals surface area contributed by atoms with Gasteiger partial charge >= 0.3 is 0 Å². The van der Waals surface area contributed by atoms with Crippen molar-refractivity contribution < 1.29 is 0 Å². The van der Waals surface area contributed by atoms with Gasteiger partial charge in [-0.1, -0.05) is 13.8 Å². The number of nitrogens with zero attached hydrogens (tertiary/aromatic N) is 1. The Morgan fingerprint density at radius 3 is 2.67 bits per heavy atom. The maximum atomic E-state index is 6.95. The van der Waals surface area contributed by atoms with Gasteiger partial charge < -0.3 is 4.85 Å². The molecule has 2 fully saturated rings. The summed E-state index contributed by atoms with van der Waals surface area (Å²) < 4.78 is 0. The number of hydrogen-bond acceptors (Lipinski definition) is 0. The van der Waals surface area contributed by atoms with Crippen molar-refractivity contribution in [3.63, 3.8) is 0 Å². The molecule has 3 atom stereocenters. The first-order chi connectivity index (χ1) is 5.66. The van der Waals surface area contributed by atoms with Gasteiger partial charge in [0.15, 0.2) is 0 Å². The standard InChI is InChI=1S/C11H17N/c1-11(2)9-5-4-8(6-9)10(11)7-12-3/h8-10H,4-7H2,1-2H3/t8-,9+,10+/m1/s1. The average molecular weight is 163 g/mol. The summed E-state index contributed by atoms with van der Waals surface area (Å²) in [7, 11) is 0. The van der Waals surface area contributed by atoms with Crippen molar-refractivity contribution >= 4 is 0 Å². The van der Waals surface area contributed by atoms with Crippen LogP contribution in [0.2, 0.25) is 0 Å². The SMILES string of the molecule is [C-]#[N+]C[C@H]1[C@@H]2CC[C@@H](C2)C1(C)C. The fraction of sp³-hybridized carbons (Fsp3) is 0.909. The number of fused-ring (bicyclic) bond motifs is 2. The van der Waals surface area contributed by atoms with Gasteiger partial charge in [0.05, 0.1) is 0 Å². The zero-order chi connectivity index (χ0) is 8.77. The molecule has 12 heavy (non-hydrogen) atoms. The Bertz CT molecular complexity index is 224. The van der Waals surface area contributed by atoms with Gasteiger partial charge in [-0.2, -0.15) is 0 Å². The van der Waals surface area contributed by atoms with Gasteiger partial charge in [0, 0.05) is 5.92 Å². The lowest BCUT2D eigenvalue weighted by molar-refractivity contribution is 0.135. The van der Waals surface area contributed by atoms with Crippen LogP contribution in [-0.4, -0.2) is 6.54 Å². The molecule has 0 saturated heterocycles. The first-order valence-corrected chi connectivity index (χ1v) is 4.99. The van der Waals surface area contributed by atoms with Gasteiger partial charge in [-0.25, -0.2) is 6.57 Å². The highest BCUT2D eigenvalue weighted by molar-refractivity contribution is 5.03. The second kappa shape index (κ2) is 2.49. The quantitative estimate of drug-likeness (QED) is 0.523. The lowest BCUT2D eigenvalue weighted by Gasteiger charge is -2.35. The molecule has 0 aromatic heterocycles. The van der Waals surface area contributed by atoms with Gasteiger partial charge in [-0.05, 0) is 36.5 Å². The van der Waals surface area contributed by atoms with E-state index < -0.39 is 0 Å². The molecule has 0 aliphatic heterocycles. The first kappa shape index (κ1) is 8.10. The Hall–Kier alpha value is -0.510. The molecule has 2 rings (SSSR count). The molecule has 0 radical (unpaired) electrons. The summed E-state index contributed by atoms with van der Waals surface area (Å²) in [5.41, 5.74) is 0.466. The molecule has 0 heterocycles. The monoisotopic (exact) mass is 163 g/mol. The topological polar surface area (TPSA) is 4.36 Å². The van der Waals surface area contributed by atoms with E-state index in [2.05, 4.69) is 18.7 Å². The molecule has 0 aromatic rings. The number of hydrogen-bond donors (Lipinski definition) is 0. The third kappa shape index (κ3) is 0.905. The predicted molar refractivity (Wildman–Crippen MR) is 49.6 cm³/mol. The summed E-state index contributed by atoms with van der Waals surface area (Å²) in [6.45, 7) is 12.5. The summed E-state index contributed by atoms with van der Waals surface area (Å²) in [5.74, 6) is 2.52. The molecule has 0 unspecified atom stereocenters. The summed E-state index contributed by atoms with van der Waals surface area (Å²) >= 11 is 0. The van der Waals surface area contributed by atoms with E-state index in [1.165, 1.54) is 19.3 Å². The molecular formula is C11H17N. The van der Waals surface area contributed by atoms with Crippen LogP contribution in [0.4, 0.5) is 0 Å². The normalized spacial score (nSPS) is 42.9. The van der Waals surface area contributed by atoms with E-state index in [1.54, 1.807) is 0 Å². The lowest BCUT2D eigenvalue weighted by Crippen LogP contribution is -2.32. The Morgan fingerprint density at radius 2 is 2.17 bits per heavy atom. The van der Waals surface area contributed by atoms with Crippen molar-refractivity contribution in [1.29, 1.82) is 0 Å². The van der Waals surface area contributed by atoms with Crippen molar-refractivity contribution in [3.8, 4) is 0 Å². The third-order valence-corrected chi connectivity index (χ3v) is 4.34. The highest BCUT2D eigenvalue weighted by Crippen LogP contribution is 2.59. The van der Waals surface area contributed by atoms with Crippen molar-refractivity contribution in [2.75, 3.05) is 6.54 Å². The molecular weight excluding hydrogens is 146 g/mol. The van der Waals surface area contributed by atoms with Crippen molar-refractivity contribution in [3.05, 3.63) is 11.4 Å². The smallest absolute Gasteiger partial charge is 0.218 e. The molecule has 1 heteroatoms. The van der Waals surface area contributed by atoms with Crippen LogP contribution in [0.15, 0.2) is 0 Å². The average Bonchev–Trinajstić information content (AvgIpc) is 2.53. The maximum absolute atomic E-state index is 6.95. The first-order valence-electron chi connectivity index (χ1n) is 4.99. The second-order valence-corrected chi connectivity index (χ2v) is 5.04. The number of rotatable bonds is 1. The molecule has 2 aliphatic carbocycles. The summed E-state index contributed by atoms with van der Waals surface area (Å²) in [5, 5.41) is 0. The van der Waals surface area contributed by atoms with Crippen LogP contribution < -0.4 is 0 Å². The fourth-order valence-electron chi connectivity index (χ4n) is 3.45. The van der Waals surface area contributed by atoms with Crippen LogP contribution in [0, 0.1) is 29.7 Å². The molecule has 1 nitrogen and oxygen atoms in total. The van der Waals surface area contributed by atoms with Crippen molar-refractivity contribution in [2.24, 2.45) is 23.2 Å².